The molecule has 7 heteroatoms. The number of ether oxygens (including phenoxy) is 1. The average molecular weight is 559 g/mol. The highest BCUT2D eigenvalue weighted by atomic mass is 16.5. The first-order valence-corrected chi connectivity index (χ1v) is 14.4. The summed E-state index contributed by atoms with van der Waals surface area (Å²) in [5.74, 6) is -4.06. The highest BCUT2D eigenvalue weighted by Gasteiger charge is 2.63. The van der Waals surface area contributed by atoms with E-state index in [1.54, 1.807) is 19.9 Å². The number of nitrogens with one attached hydrogen (secondary N) is 1. The van der Waals surface area contributed by atoms with Gasteiger partial charge < -0.3 is 10.1 Å². The Morgan fingerprint density at radius 3 is 1.79 bits per heavy atom. The number of nitrogens with zero attached hydrogens (tertiary/aromatic N) is 1. The molecule has 210 valence electrons. The van der Waals surface area contributed by atoms with E-state index in [0.29, 0.717) is 5.69 Å². The summed E-state index contributed by atoms with van der Waals surface area (Å²) in [6.07, 6.45) is 0. The van der Waals surface area contributed by atoms with E-state index in [9.17, 15) is 19.2 Å². The van der Waals surface area contributed by atoms with E-state index in [-0.39, 0.29) is 23.7 Å². The van der Waals surface area contributed by atoms with Crippen molar-refractivity contribution in [3.8, 4) is 0 Å². The van der Waals surface area contributed by atoms with Gasteiger partial charge in [-0.25, -0.2) is 4.79 Å². The van der Waals surface area contributed by atoms with Gasteiger partial charge in [0.2, 0.25) is 11.8 Å². The third-order valence-corrected chi connectivity index (χ3v) is 9.04. The van der Waals surface area contributed by atoms with Gasteiger partial charge in [0.25, 0.3) is 5.91 Å². The van der Waals surface area contributed by atoms with Crippen molar-refractivity contribution in [1.82, 2.24) is 4.90 Å². The van der Waals surface area contributed by atoms with Crippen LogP contribution >= 0.6 is 0 Å². The Morgan fingerprint density at radius 2 is 1.24 bits per heavy atom. The molecule has 3 amide bonds. The van der Waals surface area contributed by atoms with Crippen molar-refractivity contribution in [1.29, 1.82) is 0 Å². The van der Waals surface area contributed by atoms with Crippen molar-refractivity contribution < 1.29 is 23.9 Å². The number of benzene rings is 4. The van der Waals surface area contributed by atoms with E-state index in [1.807, 2.05) is 84.9 Å². The third kappa shape index (κ3) is 3.87. The number of likely N-dealkylation sites (tertiary alicyclic amines) is 1. The molecule has 7 nitrogen and oxygen atoms in total. The summed E-state index contributed by atoms with van der Waals surface area (Å²) in [6, 6.07) is 28.1. The van der Waals surface area contributed by atoms with Gasteiger partial charge in [0.1, 0.15) is 6.04 Å². The molecular weight excluding hydrogens is 528 g/mol. The molecule has 3 atom stereocenters. The zero-order chi connectivity index (χ0) is 29.1. The van der Waals surface area contributed by atoms with Crippen molar-refractivity contribution in [2.75, 3.05) is 11.9 Å². The van der Waals surface area contributed by atoms with E-state index >= 15 is 0 Å². The van der Waals surface area contributed by atoms with Crippen molar-refractivity contribution in [3.05, 3.63) is 113 Å². The molecule has 3 aliphatic carbocycles. The van der Waals surface area contributed by atoms with Gasteiger partial charge in [0.15, 0.2) is 6.61 Å². The number of carbonyl (C=O) groups is 4. The maximum absolute atomic E-state index is 14.1. The number of hydrogen-bond acceptors (Lipinski definition) is 5. The summed E-state index contributed by atoms with van der Waals surface area (Å²) in [5, 5.41) is 4.65. The number of imide groups is 1. The second kappa shape index (κ2) is 9.94. The van der Waals surface area contributed by atoms with Crippen molar-refractivity contribution >= 4 is 40.2 Å². The Labute approximate surface area is 243 Å². The van der Waals surface area contributed by atoms with Crippen molar-refractivity contribution in [2.24, 2.45) is 17.8 Å². The van der Waals surface area contributed by atoms with Gasteiger partial charge in [-0.05, 0) is 39.6 Å². The number of carbonyl (C=O) groups excluding carboxylic acids is 4. The minimum atomic E-state index is -1.13. The quantitative estimate of drug-likeness (QED) is 0.258. The second-order valence-electron chi connectivity index (χ2n) is 11.7. The highest BCUT2D eigenvalue weighted by molar-refractivity contribution is 6.10. The predicted octanol–water partition coefficient (Wildman–Crippen LogP) is 5.24. The molecule has 1 N–H and O–H groups in total. The van der Waals surface area contributed by atoms with Gasteiger partial charge in [-0.1, -0.05) is 98.8 Å². The largest absolute Gasteiger partial charge is 0.454 e. The monoisotopic (exact) mass is 558 g/mol. The zero-order valence-electron chi connectivity index (χ0n) is 23.3. The SMILES string of the molecule is CC(C)[C@@H](C(=O)OCC(=O)Nc1cccc2ccccc12)N1C(=O)[C@@H]2C3c4ccccc4C(c4ccccc43)[C@@H]2C1=O. The third-order valence-electron chi connectivity index (χ3n) is 9.04. The average Bonchev–Trinajstić information content (AvgIpc) is 3.26. The first kappa shape index (κ1) is 26.1. The van der Waals surface area contributed by atoms with E-state index in [2.05, 4.69) is 5.32 Å². The second-order valence-corrected chi connectivity index (χ2v) is 11.7. The van der Waals surface area contributed by atoms with E-state index in [4.69, 9.17) is 4.74 Å². The molecule has 4 aliphatic rings. The topological polar surface area (TPSA) is 92.8 Å². The van der Waals surface area contributed by atoms with Crippen LogP contribution in [0.25, 0.3) is 10.8 Å². The first-order chi connectivity index (χ1) is 20.4. The molecule has 1 saturated heterocycles. The Morgan fingerprint density at radius 1 is 0.738 bits per heavy atom. The summed E-state index contributed by atoms with van der Waals surface area (Å²) < 4.78 is 5.47. The van der Waals surface area contributed by atoms with Crippen LogP contribution in [0.4, 0.5) is 5.69 Å². The van der Waals surface area contributed by atoms with Gasteiger partial charge >= 0.3 is 5.97 Å². The molecule has 4 aromatic rings. The molecule has 42 heavy (non-hydrogen) atoms. The van der Waals surface area contributed by atoms with Crippen LogP contribution in [0.5, 0.6) is 0 Å². The number of rotatable bonds is 6. The van der Waals surface area contributed by atoms with Crippen LogP contribution in [0.3, 0.4) is 0 Å². The van der Waals surface area contributed by atoms with E-state index < -0.39 is 42.3 Å². The molecule has 0 saturated carbocycles. The summed E-state index contributed by atoms with van der Waals surface area (Å²) >= 11 is 0. The number of amides is 3. The summed E-state index contributed by atoms with van der Waals surface area (Å²) in [5.41, 5.74) is 4.88. The minimum absolute atomic E-state index is 0.260. The molecule has 1 heterocycles. The molecule has 0 radical (unpaired) electrons. The van der Waals surface area contributed by atoms with E-state index in [1.165, 1.54) is 0 Å². The van der Waals surface area contributed by atoms with E-state index in [0.717, 1.165) is 37.9 Å². The van der Waals surface area contributed by atoms with Crippen molar-refractivity contribution in [2.45, 2.75) is 31.7 Å². The van der Waals surface area contributed by atoms with Crippen LogP contribution in [0.15, 0.2) is 91.0 Å². The Balaban J connectivity index is 1.14. The van der Waals surface area contributed by atoms with Crippen LogP contribution in [-0.2, 0) is 23.9 Å². The number of fused-ring (bicyclic) bond motifs is 1. The molecule has 0 aromatic heterocycles. The lowest BCUT2D eigenvalue weighted by atomic mass is 9.55. The predicted molar refractivity (Wildman–Crippen MR) is 158 cm³/mol. The standard InChI is InChI=1S/C35H30N2O5/c1-19(2)32(35(41)42-18-27(38)36-26-17-9-11-20-10-3-4-12-21(20)26)37-33(39)30-28-22-13-5-6-14-23(22)29(31(30)34(37)40)25-16-8-7-15-24(25)28/h3-17,19,28-32H,18H2,1-2H3,(H,36,38)/t28?,29?,30-,31+,32-/m0/s1. The lowest BCUT2D eigenvalue weighted by Crippen LogP contribution is -2.49. The molecule has 1 fully saturated rings. The van der Waals surface area contributed by atoms with Crippen LogP contribution in [0, 0.1) is 17.8 Å². The fourth-order valence-corrected chi connectivity index (χ4v) is 7.39. The normalized spacial score (nSPS) is 22.5. The number of esters is 1. The van der Waals surface area contributed by atoms with Crippen LogP contribution < -0.4 is 5.32 Å². The maximum Gasteiger partial charge on any atom is 0.330 e. The van der Waals surface area contributed by atoms with Crippen LogP contribution in [-0.4, -0.2) is 41.2 Å². The van der Waals surface area contributed by atoms with Gasteiger partial charge in [-0.15, -0.1) is 0 Å². The molecule has 2 bridgehead atoms. The Bertz CT molecular complexity index is 1660. The fourth-order valence-electron chi connectivity index (χ4n) is 7.39. The highest BCUT2D eigenvalue weighted by Crippen LogP contribution is 2.61. The summed E-state index contributed by atoms with van der Waals surface area (Å²) in [4.78, 5) is 55.7. The molecular formula is C35H30N2O5. The van der Waals surface area contributed by atoms with Crippen LogP contribution in [0.1, 0.15) is 47.9 Å². The molecule has 4 aromatic carbocycles. The number of hydrogen-bond donors (Lipinski definition) is 1. The lowest BCUT2D eigenvalue weighted by molar-refractivity contribution is -0.162. The fraction of sp³-hybridized carbons (Fsp3) is 0.257. The summed E-state index contributed by atoms with van der Waals surface area (Å²) in [6.45, 7) is 3.03. The zero-order valence-corrected chi connectivity index (χ0v) is 23.3. The van der Waals surface area contributed by atoms with Gasteiger partial charge in [0, 0.05) is 22.9 Å². The molecule has 0 unspecified atom stereocenters. The minimum Gasteiger partial charge on any atom is -0.454 e. The Kier molecular flexibility index (Phi) is 6.19. The summed E-state index contributed by atoms with van der Waals surface area (Å²) in [7, 11) is 0. The Hall–Kier alpha value is -4.78. The maximum atomic E-state index is 14.1. The molecule has 1 aliphatic heterocycles. The van der Waals surface area contributed by atoms with Crippen LogP contribution in [0.2, 0.25) is 0 Å². The molecule has 0 spiro atoms. The van der Waals surface area contributed by atoms with Gasteiger partial charge in [0.05, 0.1) is 11.8 Å². The van der Waals surface area contributed by atoms with Crippen molar-refractivity contribution in [3.63, 3.8) is 0 Å². The first-order valence-electron chi connectivity index (χ1n) is 14.4. The smallest absolute Gasteiger partial charge is 0.330 e. The molecule has 8 rings (SSSR count). The van der Waals surface area contributed by atoms with Gasteiger partial charge in [-0.2, -0.15) is 0 Å². The number of anilines is 1. The lowest BCUT2D eigenvalue weighted by Gasteiger charge is -2.45. The van der Waals surface area contributed by atoms with Gasteiger partial charge in [-0.3, -0.25) is 19.3 Å².